The summed E-state index contributed by atoms with van der Waals surface area (Å²) in [6.45, 7) is 11.9. The van der Waals surface area contributed by atoms with Crippen LogP contribution in [-0.2, 0) is 23.7 Å². The second kappa shape index (κ2) is 12.4. The Morgan fingerprint density at radius 3 is 2.17 bits per heavy atom. The van der Waals surface area contributed by atoms with Crippen molar-refractivity contribution >= 4 is 35.1 Å². The fraction of sp³-hybridized carbons (Fsp3) is 0.622. The molecule has 4 fully saturated rings. The average molecular weight is 674 g/mol. The fourth-order valence-electron chi connectivity index (χ4n) is 9.27. The maximum absolute atomic E-state index is 13.2. The molecular formula is C37H46Cl2O7. The maximum atomic E-state index is 13.2. The van der Waals surface area contributed by atoms with Crippen LogP contribution in [0.25, 0.3) is 0 Å². The lowest BCUT2D eigenvalue weighted by molar-refractivity contribution is -0.359. The summed E-state index contributed by atoms with van der Waals surface area (Å²) in [5.41, 5.74) is -0.806. The van der Waals surface area contributed by atoms with E-state index < -0.39 is 28.9 Å². The molecule has 6 rings (SSSR count). The predicted molar refractivity (Wildman–Crippen MR) is 176 cm³/mol. The molecule has 9 heteroatoms. The standard InChI is InChI=1S/C37H46Cl2O7/c1-24-12-13-29-34(4)22-44-33(2,3)45-30(34)14-15-35(29,5)37(24)17-16-36(46-37,23-43-32(41)26-9-7-11-28(39)21-26)18-19-42-31(40)25-8-6-10-27(38)20-25/h6-11,20-21,24,29-30H,12-19,22-23H2,1-5H3/t24-,29+,30+,34+,35+,36+,37+/m1/s1. The van der Waals surface area contributed by atoms with E-state index in [0.29, 0.717) is 46.5 Å². The third-order valence-corrected chi connectivity index (χ3v) is 12.2. The Morgan fingerprint density at radius 2 is 1.52 bits per heavy atom. The monoisotopic (exact) mass is 672 g/mol. The zero-order valence-corrected chi connectivity index (χ0v) is 29.0. The lowest BCUT2D eigenvalue weighted by Gasteiger charge is -2.67. The number of halogens is 2. The van der Waals surface area contributed by atoms with Crippen LogP contribution in [0.5, 0.6) is 0 Å². The molecule has 0 unspecified atom stereocenters. The van der Waals surface area contributed by atoms with Gasteiger partial charge in [0.05, 0.1) is 36.0 Å². The molecule has 2 aromatic carbocycles. The van der Waals surface area contributed by atoms with Crippen LogP contribution in [0, 0.1) is 22.7 Å². The highest BCUT2D eigenvalue weighted by molar-refractivity contribution is 6.31. The van der Waals surface area contributed by atoms with Crippen molar-refractivity contribution in [2.75, 3.05) is 19.8 Å². The largest absolute Gasteiger partial charge is 0.462 e. The second-order valence-corrected chi connectivity index (χ2v) is 15.8. The van der Waals surface area contributed by atoms with Crippen molar-refractivity contribution in [3.63, 3.8) is 0 Å². The number of hydrogen-bond acceptors (Lipinski definition) is 7. The third kappa shape index (κ3) is 6.00. The van der Waals surface area contributed by atoms with Gasteiger partial charge in [-0.1, -0.05) is 56.1 Å². The van der Waals surface area contributed by atoms with Gasteiger partial charge < -0.3 is 23.7 Å². The number of ether oxygens (including phenoxy) is 5. The van der Waals surface area contributed by atoms with Crippen LogP contribution in [-0.4, -0.2) is 54.9 Å². The van der Waals surface area contributed by atoms with Crippen molar-refractivity contribution in [2.24, 2.45) is 22.7 Å². The minimum absolute atomic E-state index is 0.0442. The van der Waals surface area contributed by atoms with Gasteiger partial charge in [0.25, 0.3) is 0 Å². The Hall–Kier alpha value is -2.16. The van der Waals surface area contributed by atoms with Crippen molar-refractivity contribution in [3.8, 4) is 0 Å². The Balaban J connectivity index is 1.26. The zero-order chi connectivity index (χ0) is 33.0. The lowest BCUT2D eigenvalue weighted by atomic mass is 9.43. The van der Waals surface area contributed by atoms with E-state index in [2.05, 4.69) is 20.8 Å². The molecule has 0 bridgehead atoms. The topological polar surface area (TPSA) is 80.3 Å². The van der Waals surface area contributed by atoms with Crippen LogP contribution in [0.1, 0.15) is 100 Å². The quantitative estimate of drug-likeness (QED) is 0.272. The molecule has 2 saturated carbocycles. The van der Waals surface area contributed by atoms with E-state index in [9.17, 15) is 9.59 Å². The molecule has 2 aliphatic carbocycles. The molecule has 46 heavy (non-hydrogen) atoms. The van der Waals surface area contributed by atoms with Crippen LogP contribution < -0.4 is 0 Å². The van der Waals surface area contributed by atoms with Crippen molar-refractivity contribution in [1.82, 2.24) is 0 Å². The number of benzene rings is 2. The summed E-state index contributed by atoms with van der Waals surface area (Å²) >= 11 is 12.3. The maximum Gasteiger partial charge on any atom is 0.338 e. The minimum atomic E-state index is -0.832. The first-order chi connectivity index (χ1) is 21.7. The number of rotatable bonds is 7. The van der Waals surface area contributed by atoms with Crippen LogP contribution in [0.15, 0.2) is 48.5 Å². The Bertz CT molecular complexity index is 1480. The molecule has 2 aromatic rings. The van der Waals surface area contributed by atoms with Gasteiger partial charge in [0.15, 0.2) is 5.79 Å². The van der Waals surface area contributed by atoms with Crippen molar-refractivity contribution in [2.45, 2.75) is 103 Å². The summed E-state index contributed by atoms with van der Waals surface area (Å²) < 4.78 is 32.0. The van der Waals surface area contributed by atoms with Gasteiger partial charge >= 0.3 is 11.9 Å². The predicted octanol–water partition coefficient (Wildman–Crippen LogP) is 8.69. The molecule has 250 valence electrons. The molecule has 2 heterocycles. The van der Waals surface area contributed by atoms with Gasteiger partial charge in [-0.2, -0.15) is 0 Å². The van der Waals surface area contributed by atoms with Gasteiger partial charge in [0.1, 0.15) is 12.2 Å². The number of carbonyl (C=O) groups is 2. The highest BCUT2D eigenvalue weighted by Gasteiger charge is 2.70. The van der Waals surface area contributed by atoms with E-state index in [1.54, 1.807) is 48.5 Å². The van der Waals surface area contributed by atoms with Gasteiger partial charge in [-0.25, -0.2) is 9.59 Å². The molecule has 7 nitrogen and oxygen atoms in total. The Kier molecular flexibility index (Phi) is 9.08. The molecule has 0 amide bonds. The summed E-state index contributed by atoms with van der Waals surface area (Å²) in [7, 11) is 0. The summed E-state index contributed by atoms with van der Waals surface area (Å²) in [5.74, 6) is -0.890. The first-order valence-corrected chi connectivity index (χ1v) is 17.3. The number of esters is 2. The van der Waals surface area contributed by atoms with E-state index in [1.165, 1.54) is 0 Å². The molecular weight excluding hydrogens is 627 g/mol. The highest BCUT2D eigenvalue weighted by Crippen LogP contribution is 2.69. The second-order valence-electron chi connectivity index (χ2n) is 14.9. The third-order valence-electron chi connectivity index (χ3n) is 11.8. The number of fused-ring (bicyclic) bond motifs is 4. The van der Waals surface area contributed by atoms with Gasteiger partial charge in [-0.05, 0) is 101 Å². The average Bonchev–Trinajstić information content (AvgIpc) is 3.40. The van der Waals surface area contributed by atoms with Gasteiger partial charge in [-0.15, -0.1) is 0 Å². The van der Waals surface area contributed by atoms with Crippen LogP contribution in [0.4, 0.5) is 0 Å². The van der Waals surface area contributed by atoms with E-state index in [1.807, 2.05) is 13.8 Å². The summed E-state index contributed by atoms with van der Waals surface area (Å²) in [6.07, 6.45) is 6.02. The fourth-order valence-corrected chi connectivity index (χ4v) is 9.65. The van der Waals surface area contributed by atoms with Gasteiger partial charge in [0, 0.05) is 27.3 Å². The van der Waals surface area contributed by atoms with Crippen molar-refractivity contribution in [1.29, 1.82) is 0 Å². The SMILES string of the molecule is C[C@@H]1CC[C@H]2[C@]3(C)COC(C)(C)O[C@H]3CC[C@]2(C)[C@]12CC[C@](CCOC(=O)c1cccc(Cl)c1)(COC(=O)c1cccc(Cl)c1)O2. The van der Waals surface area contributed by atoms with E-state index in [0.717, 1.165) is 32.1 Å². The molecule has 0 aromatic heterocycles. The molecule has 4 aliphatic rings. The molecule has 2 aliphatic heterocycles. The molecule has 0 N–H and O–H groups in total. The Labute approximate surface area is 282 Å². The molecule has 1 spiro atoms. The van der Waals surface area contributed by atoms with E-state index >= 15 is 0 Å². The molecule has 7 atom stereocenters. The summed E-state index contributed by atoms with van der Waals surface area (Å²) in [4.78, 5) is 26.1. The first kappa shape index (κ1) is 33.7. The summed E-state index contributed by atoms with van der Waals surface area (Å²) in [5, 5.41) is 0.932. The number of hydrogen-bond donors (Lipinski definition) is 0. The smallest absolute Gasteiger partial charge is 0.338 e. The van der Waals surface area contributed by atoms with Crippen LogP contribution in [0.2, 0.25) is 10.0 Å². The van der Waals surface area contributed by atoms with Gasteiger partial charge in [0.2, 0.25) is 0 Å². The van der Waals surface area contributed by atoms with Crippen molar-refractivity contribution in [3.05, 3.63) is 69.7 Å². The van der Waals surface area contributed by atoms with E-state index in [-0.39, 0.29) is 36.1 Å². The van der Waals surface area contributed by atoms with Crippen molar-refractivity contribution < 1.29 is 33.3 Å². The Morgan fingerprint density at radius 1 is 0.870 bits per heavy atom. The van der Waals surface area contributed by atoms with Crippen LogP contribution in [0.3, 0.4) is 0 Å². The van der Waals surface area contributed by atoms with Crippen LogP contribution >= 0.6 is 23.2 Å². The van der Waals surface area contributed by atoms with E-state index in [4.69, 9.17) is 46.9 Å². The minimum Gasteiger partial charge on any atom is -0.462 e. The zero-order valence-electron chi connectivity index (χ0n) is 27.5. The lowest BCUT2D eigenvalue weighted by Crippen LogP contribution is -2.69. The number of carbonyl (C=O) groups excluding carboxylic acids is 2. The normalized spacial score (nSPS) is 36.5. The molecule has 0 radical (unpaired) electrons. The molecule has 2 saturated heterocycles. The highest BCUT2D eigenvalue weighted by atomic mass is 35.5. The first-order valence-electron chi connectivity index (χ1n) is 16.6. The van der Waals surface area contributed by atoms with Gasteiger partial charge in [-0.3, -0.25) is 0 Å². The summed E-state index contributed by atoms with van der Waals surface area (Å²) in [6, 6.07) is 13.4.